The van der Waals surface area contributed by atoms with E-state index < -0.39 is 5.82 Å². The van der Waals surface area contributed by atoms with Gasteiger partial charge in [0, 0.05) is 66.4 Å². The van der Waals surface area contributed by atoms with Crippen molar-refractivity contribution in [1.29, 1.82) is 0 Å². The normalized spacial score (nSPS) is 22.3. The summed E-state index contributed by atoms with van der Waals surface area (Å²) in [5.41, 5.74) is 3.12. The first-order chi connectivity index (χ1) is 21.0. The predicted molar refractivity (Wildman–Crippen MR) is 168 cm³/mol. The van der Waals surface area contributed by atoms with E-state index in [0.717, 1.165) is 24.6 Å². The Morgan fingerprint density at radius 1 is 1.02 bits per heavy atom. The molecule has 0 spiro atoms. The molecular weight excluding hydrogens is 557 g/mol. The Morgan fingerprint density at radius 3 is 2.41 bits per heavy atom. The number of amides is 2. The van der Waals surface area contributed by atoms with Crippen molar-refractivity contribution in [3.05, 3.63) is 72.0 Å². The maximum absolute atomic E-state index is 14.6. The van der Waals surface area contributed by atoms with Crippen LogP contribution < -0.4 is 5.32 Å². The zero-order chi connectivity index (χ0) is 31.3. The summed E-state index contributed by atoms with van der Waals surface area (Å²) in [6, 6.07) is 5.97. The molecule has 3 aromatic rings. The summed E-state index contributed by atoms with van der Waals surface area (Å²) in [5, 5.41) is 4.27. The van der Waals surface area contributed by atoms with Crippen LogP contribution in [-0.2, 0) is 4.79 Å². The lowest BCUT2D eigenvalue weighted by atomic mass is 9.73. The third kappa shape index (κ3) is 5.36. The quantitative estimate of drug-likeness (QED) is 0.285. The van der Waals surface area contributed by atoms with Crippen LogP contribution in [0.15, 0.2) is 55.0 Å². The lowest BCUT2D eigenvalue weighted by molar-refractivity contribution is -0.137. The molecule has 1 saturated carbocycles. The minimum Gasteiger partial charge on any atom is -0.341 e. The third-order valence-electron chi connectivity index (χ3n) is 9.79. The molecule has 5 heterocycles. The first kappa shape index (κ1) is 30.2. The number of nitrogens with zero attached hydrogens (tertiary/aromatic N) is 4. The van der Waals surface area contributed by atoms with Crippen LogP contribution in [0.2, 0.25) is 0 Å². The minimum atomic E-state index is -0.502. The number of benzene rings is 1. The molecule has 2 aromatic heterocycles. The van der Waals surface area contributed by atoms with E-state index in [1.54, 1.807) is 34.1 Å². The predicted octanol–water partition coefficient (Wildman–Crippen LogP) is 5.54. The number of nitrogens with one attached hydrogen (secondary N) is 1. The van der Waals surface area contributed by atoms with Gasteiger partial charge in [0.05, 0.1) is 29.0 Å². The molecule has 8 nitrogen and oxygen atoms in total. The monoisotopic (exact) mass is 599 g/mol. The van der Waals surface area contributed by atoms with Gasteiger partial charge in [0.2, 0.25) is 5.91 Å². The van der Waals surface area contributed by atoms with Gasteiger partial charge in [-0.05, 0) is 84.1 Å². The molecule has 0 unspecified atom stereocenters. The van der Waals surface area contributed by atoms with Crippen molar-refractivity contribution in [2.45, 2.75) is 84.0 Å². The van der Waals surface area contributed by atoms with Gasteiger partial charge in [0.25, 0.3) is 5.91 Å². The molecule has 3 atom stereocenters. The molecule has 3 aliphatic heterocycles. The number of rotatable bonds is 7. The van der Waals surface area contributed by atoms with E-state index in [9.17, 15) is 18.8 Å². The SMILES string of the molecule is C=C1C[C@@H]2CC[C@H]1[C@@H](C(=O)N1CCC(C(=O)c3cn(-c4ccc(F)cc4C(=O)N(C(C)C)C(C)C)c4cnccc34)CC1)N2. The highest BCUT2D eigenvalue weighted by atomic mass is 19.1. The summed E-state index contributed by atoms with van der Waals surface area (Å²) in [6.45, 7) is 13.1. The summed E-state index contributed by atoms with van der Waals surface area (Å²) < 4.78 is 16.4. The van der Waals surface area contributed by atoms with Crippen LogP contribution in [0.25, 0.3) is 16.6 Å². The van der Waals surface area contributed by atoms with E-state index in [1.165, 1.54) is 17.7 Å². The largest absolute Gasteiger partial charge is 0.341 e. The van der Waals surface area contributed by atoms with Gasteiger partial charge in [-0.3, -0.25) is 19.4 Å². The Hall–Kier alpha value is -3.85. The van der Waals surface area contributed by atoms with Gasteiger partial charge in [-0.15, -0.1) is 0 Å². The molecule has 232 valence electrons. The van der Waals surface area contributed by atoms with Gasteiger partial charge in [0.15, 0.2) is 5.78 Å². The summed E-state index contributed by atoms with van der Waals surface area (Å²) >= 11 is 0. The highest BCUT2D eigenvalue weighted by Crippen LogP contribution is 2.38. The van der Waals surface area contributed by atoms with Gasteiger partial charge in [-0.2, -0.15) is 0 Å². The molecule has 7 rings (SSSR count). The molecule has 1 aliphatic carbocycles. The summed E-state index contributed by atoms with van der Waals surface area (Å²) in [5.74, 6) is -0.677. The molecule has 2 bridgehead atoms. The maximum Gasteiger partial charge on any atom is 0.256 e. The molecule has 4 aliphatic rings. The number of fused-ring (bicyclic) bond motifs is 4. The zero-order valence-corrected chi connectivity index (χ0v) is 26.1. The van der Waals surface area contributed by atoms with Crippen molar-refractivity contribution in [2.24, 2.45) is 11.8 Å². The van der Waals surface area contributed by atoms with Crippen LogP contribution in [0.4, 0.5) is 4.39 Å². The van der Waals surface area contributed by atoms with Crippen LogP contribution in [0.5, 0.6) is 0 Å². The maximum atomic E-state index is 14.6. The standard InChI is InChI=1S/C35H42FN5O3/c1-20(2)41(21(3)4)34(43)28-17-24(36)6-9-30(28)40-19-29(27-10-13-37-18-31(27)40)33(42)23-11-14-39(15-12-23)35(44)32-26-8-7-25(38-32)16-22(26)5/h6,9-10,13,17-21,23,25-26,32,38H,5,7-8,11-12,14-16H2,1-4H3/t25-,26+,32-/m0/s1. The first-order valence-electron chi connectivity index (χ1n) is 15.9. The van der Waals surface area contributed by atoms with Gasteiger partial charge in [0.1, 0.15) is 5.82 Å². The lowest BCUT2D eigenvalue weighted by Crippen LogP contribution is -2.60. The van der Waals surface area contributed by atoms with Gasteiger partial charge < -0.3 is 19.7 Å². The van der Waals surface area contributed by atoms with Crippen LogP contribution in [-0.4, -0.2) is 74.2 Å². The Morgan fingerprint density at radius 2 is 1.75 bits per heavy atom. The zero-order valence-electron chi connectivity index (χ0n) is 26.1. The molecule has 1 aromatic carbocycles. The summed E-state index contributed by atoms with van der Waals surface area (Å²) in [6.07, 6.45) is 9.31. The Labute approximate surface area is 258 Å². The Kier molecular flexibility index (Phi) is 8.18. The number of ketones is 1. The molecular formula is C35H42FN5O3. The van der Waals surface area contributed by atoms with Crippen molar-refractivity contribution < 1.29 is 18.8 Å². The van der Waals surface area contributed by atoms with E-state index in [-0.39, 0.29) is 53.1 Å². The Bertz CT molecular complexity index is 1610. The van der Waals surface area contributed by atoms with Crippen LogP contribution in [0.3, 0.4) is 0 Å². The van der Waals surface area contributed by atoms with E-state index in [0.29, 0.717) is 48.7 Å². The van der Waals surface area contributed by atoms with Crippen molar-refractivity contribution in [2.75, 3.05) is 13.1 Å². The number of carbonyl (C=O) groups excluding carboxylic acids is 3. The van der Waals surface area contributed by atoms with E-state index in [2.05, 4.69) is 16.9 Å². The molecule has 2 amide bonds. The van der Waals surface area contributed by atoms with E-state index >= 15 is 0 Å². The van der Waals surface area contributed by atoms with Crippen molar-refractivity contribution in [3.63, 3.8) is 0 Å². The van der Waals surface area contributed by atoms with Gasteiger partial charge in [-0.1, -0.05) is 12.2 Å². The highest BCUT2D eigenvalue weighted by Gasteiger charge is 2.43. The summed E-state index contributed by atoms with van der Waals surface area (Å²) in [7, 11) is 0. The number of likely N-dealkylation sites (tertiary alicyclic amines) is 1. The molecule has 0 radical (unpaired) electrons. The summed E-state index contributed by atoms with van der Waals surface area (Å²) in [4.78, 5) is 49.3. The number of hydrogen-bond acceptors (Lipinski definition) is 5. The third-order valence-corrected chi connectivity index (χ3v) is 9.79. The fraction of sp³-hybridized carbons (Fsp3) is 0.486. The van der Waals surface area contributed by atoms with Crippen molar-refractivity contribution >= 4 is 28.5 Å². The average Bonchev–Trinajstić information content (AvgIpc) is 3.39. The van der Waals surface area contributed by atoms with Crippen molar-refractivity contribution in [3.8, 4) is 5.69 Å². The number of hydrogen-bond donors (Lipinski definition) is 1. The second-order valence-corrected chi connectivity index (χ2v) is 13.2. The number of Topliss-reactive ketones (excluding diaryl/α,β-unsaturated/α-hetero) is 1. The minimum absolute atomic E-state index is 0.0104. The topological polar surface area (TPSA) is 87.5 Å². The van der Waals surface area contributed by atoms with Gasteiger partial charge in [-0.25, -0.2) is 4.39 Å². The molecule has 9 heteroatoms. The molecule has 1 N–H and O–H groups in total. The average molecular weight is 600 g/mol. The first-order valence-corrected chi connectivity index (χ1v) is 15.9. The second kappa shape index (κ2) is 11.9. The van der Waals surface area contributed by atoms with E-state index in [4.69, 9.17) is 0 Å². The lowest BCUT2D eigenvalue weighted by Gasteiger charge is -2.46. The molecule has 4 fully saturated rings. The number of carbonyl (C=O) groups is 3. The van der Waals surface area contributed by atoms with Crippen LogP contribution >= 0.6 is 0 Å². The highest BCUT2D eigenvalue weighted by molar-refractivity contribution is 6.10. The number of halogens is 1. The number of piperidine rings is 3. The van der Waals surface area contributed by atoms with Gasteiger partial charge >= 0.3 is 0 Å². The molecule has 3 saturated heterocycles. The van der Waals surface area contributed by atoms with E-state index in [1.807, 2.05) is 38.7 Å². The van der Waals surface area contributed by atoms with Crippen LogP contribution in [0, 0.1) is 17.7 Å². The second-order valence-electron chi connectivity index (χ2n) is 13.2. The fourth-order valence-corrected chi connectivity index (χ4v) is 7.66. The Balaban J connectivity index is 1.26. The fourth-order valence-electron chi connectivity index (χ4n) is 7.66. The smallest absolute Gasteiger partial charge is 0.256 e. The number of aromatic nitrogens is 2. The molecule has 44 heavy (non-hydrogen) atoms. The van der Waals surface area contributed by atoms with Crippen molar-refractivity contribution in [1.82, 2.24) is 24.7 Å². The number of pyridine rings is 1. The van der Waals surface area contributed by atoms with Crippen LogP contribution in [0.1, 0.15) is 80.5 Å².